The zero-order valence-electron chi connectivity index (χ0n) is 18.4. The highest BCUT2D eigenvalue weighted by Crippen LogP contribution is 2.51. The van der Waals surface area contributed by atoms with E-state index in [9.17, 15) is 15.2 Å². The van der Waals surface area contributed by atoms with Gasteiger partial charge in [0.25, 0.3) is 0 Å². The summed E-state index contributed by atoms with van der Waals surface area (Å²) in [5.74, 6) is 0.617. The van der Waals surface area contributed by atoms with Crippen LogP contribution in [-0.4, -0.2) is 50.4 Å². The van der Waals surface area contributed by atoms with Gasteiger partial charge in [-0.15, -0.1) is 0 Å². The summed E-state index contributed by atoms with van der Waals surface area (Å²) < 4.78 is 11.4. The molecular formula is C26H26N2O4. The molecule has 2 aromatic carbocycles. The molecule has 0 unspecified atom stereocenters. The molecule has 0 atom stereocenters. The highest BCUT2D eigenvalue weighted by Gasteiger charge is 2.43. The Labute approximate surface area is 187 Å². The van der Waals surface area contributed by atoms with E-state index in [4.69, 9.17) is 9.47 Å². The van der Waals surface area contributed by atoms with Crippen LogP contribution in [0.5, 0.6) is 5.75 Å². The molecule has 0 radical (unpaired) electrons. The summed E-state index contributed by atoms with van der Waals surface area (Å²) in [7, 11) is 0. The molecule has 0 amide bonds. The van der Waals surface area contributed by atoms with Gasteiger partial charge in [0, 0.05) is 29.6 Å². The monoisotopic (exact) mass is 430 g/mol. The van der Waals surface area contributed by atoms with E-state index < -0.39 is 0 Å². The summed E-state index contributed by atoms with van der Waals surface area (Å²) in [6.07, 6.45) is 0.675. The van der Waals surface area contributed by atoms with Crippen LogP contribution in [0.3, 0.4) is 0 Å². The normalized spacial score (nSPS) is 18.7. The number of carbonyl (C=O) groups is 1. The summed E-state index contributed by atoms with van der Waals surface area (Å²) >= 11 is 0. The predicted molar refractivity (Wildman–Crippen MR) is 121 cm³/mol. The first-order valence-corrected chi connectivity index (χ1v) is 11.0. The smallest absolute Gasteiger partial charge is 0.194 e. The number of ether oxygens (including phenoxy) is 2. The van der Waals surface area contributed by atoms with Gasteiger partial charge in [-0.2, -0.15) is 5.26 Å². The summed E-state index contributed by atoms with van der Waals surface area (Å²) in [5, 5.41) is 18.6. The van der Waals surface area contributed by atoms with E-state index >= 15 is 0 Å². The first kappa shape index (κ1) is 20.7. The van der Waals surface area contributed by atoms with E-state index in [2.05, 4.69) is 30.9 Å². The second-order valence-electron chi connectivity index (χ2n) is 9.01. The topological polar surface area (TPSA) is 82.8 Å². The van der Waals surface area contributed by atoms with E-state index in [0.29, 0.717) is 36.5 Å². The molecule has 1 saturated heterocycles. The first-order chi connectivity index (χ1) is 15.5. The van der Waals surface area contributed by atoms with Crippen molar-refractivity contribution >= 4 is 17.0 Å². The third kappa shape index (κ3) is 3.12. The molecule has 0 saturated carbocycles. The van der Waals surface area contributed by atoms with Gasteiger partial charge in [0.15, 0.2) is 5.78 Å². The van der Waals surface area contributed by atoms with Crippen LogP contribution in [0, 0.1) is 11.3 Å². The Balaban J connectivity index is 1.65. The Bertz CT molecular complexity index is 1180. The van der Waals surface area contributed by atoms with Crippen molar-refractivity contribution in [2.24, 2.45) is 0 Å². The van der Waals surface area contributed by atoms with Crippen molar-refractivity contribution in [2.45, 2.75) is 25.7 Å². The Kier molecular flexibility index (Phi) is 5.04. The standard InChI is InChI=1S/C26H26N2O4/c1-26(2)20-14-22(28-5-8-31-9-6-28)23(32-10-7-29)13-19(20)25(30)24-18-4-3-16(15-27)11-17(18)12-21(24)26/h3-4,11,13-14,29H,5-10,12H2,1-2H3. The highest BCUT2D eigenvalue weighted by molar-refractivity contribution is 6.33. The van der Waals surface area contributed by atoms with Crippen molar-refractivity contribution in [1.29, 1.82) is 5.26 Å². The third-order valence-corrected chi connectivity index (χ3v) is 6.87. The van der Waals surface area contributed by atoms with Gasteiger partial charge in [-0.25, -0.2) is 0 Å². The van der Waals surface area contributed by atoms with Gasteiger partial charge < -0.3 is 19.5 Å². The number of morpholine rings is 1. The number of ketones is 1. The summed E-state index contributed by atoms with van der Waals surface area (Å²) in [6, 6.07) is 11.7. The molecule has 3 aliphatic rings. The van der Waals surface area contributed by atoms with Gasteiger partial charge in [0.2, 0.25) is 0 Å². The van der Waals surface area contributed by atoms with Crippen LogP contribution in [0.1, 0.15) is 46.5 Å². The zero-order chi connectivity index (χ0) is 22.5. The van der Waals surface area contributed by atoms with Gasteiger partial charge in [0.05, 0.1) is 37.1 Å². The van der Waals surface area contributed by atoms with E-state index in [-0.39, 0.29) is 24.4 Å². The molecule has 0 aromatic heterocycles. The van der Waals surface area contributed by atoms with Crippen LogP contribution in [-0.2, 0) is 16.6 Å². The van der Waals surface area contributed by atoms with Gasteiger partial charge in [0.1, 0.15) is 12.4 Å². The number of benzene rings is 2. The van der Waals surface area contributed by atoms with Crippen molar-refractivity contribution in [3.8, 4) is 11.8 Å². The lowest BCUT2D eigenvalue weighted by atomic mass is 9.68. The molecule has 164 valence electrons. The maximum absolute atomic E-state index is 13.8. The minimum Gasteiger partial charge on any atom is -0.489 e. The second-order valence-corrected chi connectivity index (χ2v) is 9.01. The largest absolute Gasteiger partial charge is 0.489 e. The van der Waals surface area contributed by atoms with Crippen LogP contribution in [0.25, 0.3) is 5.57 Å². The molecule has 0 bridgehead atoms. The molecule has 2 aromatic rings. The first-order valence-electron chi connectivity index (χ1n) is 11.0. The Morgan fingerprint density at radius 2 is 1.97 bits per heavy atom. The molecular weight excluding hydrogens is 404 g/mol. The van der Waals surface area contributed by atoms with Gasteiger partial charge in [-0.3, -0.25) is 4.79 Å². The average Bonchev–Trinajstić information content (AvgIpc) is 3.21. The van der Waals surface area contributed by atoms with Crippen LogP contribution in [0.4, 0.5) is 5.69 Å². The number of Topliss-reactive ketones (excluding diaryl/α,β-unsaturated/α-hetero) is 1. The van der Waals surface area contributed by atoms with E-state index in [1.165, 1.54) is 0 Å². The number of aliphatic hydroxyl groups excluding tert-OH is 1. The van der Waals surface area contributed by atoms with Crippen LogP contribution < -0.4 is 9.64 Å². The van der Waals surface area contributed by atoms with Gasteiger partial charge >= 0.3 is 0 Å². The maximum atomic E-state index is 13.8. The number of nitrogens with zero attached hydrogens (tertiary/aromatic N) is 2. The van der Waals surface area contributed by atoms with Crippen molar-refractivity contribution < 1.29 is 19.4 Å². The van der Waals surface area contributed by atoms with Crippen LogP contribution >= 0.6 is 0 Å². The number of allylic oxidation sites excluding steroid dienone is 2. The molecule has 5 rings (SSSR count). The number of fused-ring (bicyclic) bond motifs is 3. The number of carbonyl (C=O) groups excluding carboxylic acids is 1. The minimum atomic E-state index is -0.346. The molecule has 0 spiro atoms. The SMILES string of the molecule is CC1(C)C2=C(C(=O)c3cc(OCCO)c(N4CCOCC4)cc31)c1ccc(C#N)cc1C2. The van der Waals surface area contributed by atoms with E-state index in [1.807, 2.05) is 18.2 Å². The lowest BCUT2D eigenvalue weighted by molar-refractivity contribution is 0.105. The zero-order valence-corrected chi connectivity index (χ0v) is 18.4. The average molecular weight is 431 g/mol. The fraction of sp³-hybridized carbons (Fsp3) is 0.385. The van der Waals surface area contributed by atoms with Gasteiger partial charge in [-0.1, -0.05) is 19.9 Å². The van der Waals surface area contributed by atoms with Crippen molar-refractivity contribution in [3.63, 3.8) is 0 Å². The summed E-state index contributed by atoms with van der Waals surface area (Å²) in [4.78, 5) is 16.0. The molecule has 1 fully saturated rings. The Morgan fingerprint density at radius 1 is 1.19 bits per heavy atom. The lowest BCUT2D eigenvalue weighted by Gasteiger charge is -2.37. The molecule has 1 N–H and O–H groups in total. The second kappa shape index (κ2) is 7.77. The molecule has 32 heavy (non-hydrogen) atoms. The number of hydrogen-bond donors (Lipinski definition) is 1. The predicted octanol–water partition coefficient (Wildman–Crippen LogP) is 3.25. The lowest BCUT2D eigenvalue weighted by Crippen LogP contribution is -2.37. The molecule has 2 aliphatic carbocycles. The van der Waals surface area contributed by atoms with E-state index in [0.717, 1.165) is 46.6 Å². The van der Waals surface area contributed by atoms with Crippen molar-refractivity contribution in [2.75, 3.05) is 44.4 Å². The van der Waals surface area contributed by atoms with Gasteiger partial charge in [-0.05, 0) is 52.9 Å². The fourth-order valence-electron chi connectivity index (χ4n) is 5.18. The van der Waals surface area contributed by atoms with Crippen LogP contribution in [0.15, 0.2) is 35.9 Å². The number of hydrogen-bond acceptors (Lipinski definition) is 6. The van der Waals surface area contributed by atoms with Crippen molar-refractivity contribution in [3.05, 3.63) is 63.7 Å². The van der Waals surface area contributed by atoms with Crippen LogP contribution in [0.2, 0.25) is 0 Å². The fourth-order valence-corrected chi connectivity index (χ4v) is 5.18. The number of nitriles is 1. The Hall–Kier alpha value is -3.14. The number of anilines is 1. The molecule has 6 heteroatoms. The third-order valence-electron chi connectivity index (χ3n) is 6.87. The number of rotatable bonds is 4. The minimum absolute atomic E-state index is 0.000147. The van der Waals surface area contributed by atoms with Crippen molar-refractivity contribution in [1.82, 2.24) is 0 Å². The summed E-state index contributed by atoms with van der Waals surface area (Å²) in [5.41, 5.74) is 6.68. The molecule has 6 nitrogen and oxygen atoms in total. The number of aliphatic hydroxyl groups is 1. The maximum Gasteiger partial charge on any atom is 0.194 e. The highest BCUT2D eigenvalue weighted by atomic mass is 16.5. The quantitative estimate of drug-likeness (QED) is 0.802. The van der Waals surface area contributed by atoms with E-state index in [1.54, 1.807) is 6.07 Å². The molecule has 1 aliphatic heterocycles. The Morgan fingerprint density at radius 3 is 2.69 bits per heavy atom. The molecule has 1 heterocycles. The summed E-state index contributed by atoms with van der Waals surface area (Å²) in [6.45, 7) is 7.20.